The van der Waals surface area contributed by atoms with E-state index in [0.29, 0.717) is 6.61 Å². The van der Waals surface area contributed by atoms with Crippen LogP contribution in [0, 0.1) is 0 Å². The number of hydrogen-bond donors (Lipinski definition) is 1. The molecule has 1 aliphatic rings. The fourth-order valence-electron chi connectivity index (χ4n) is 2.04. The first kappa shape index (κ1) is 12.6. The smallest absolute Gasteiger partial charge is 0.323 e. The van der Waals surface area contributed by atoms with Crippen molar-refractivity contribution in [1.82, 2.24) is 5.32 Å². The molecule has 2 heterocycles. The van der Waals surface area contributed by atoms with Crippen molar-refractivity contribution < 1.29 is 9.53 Å². The fraction of sp³-hybridized carbons (Fsp3) is 0.615. The van der Waals surface area contributed by atoms with Crippen LogP contribution in [0.2, 0.25) is 0 Å². The quantitative estimate of drug-likeness (QED) is 0.837. The Morgan fingerprint density at radius 2 is 2.41 bits per heavy atom. The lowest BCUT2D eigenvalue weighted by Gasteiger charge is -2.14. The van der Waals surface area contributed by atoms with Crippen molar-refractivity contribution in [2.24, 2.45) is 0 Å². The lowest BCUT2D eigenvalue weighted by Crippen LogP contribution is -2.37. The van der Waals surface area contributed by atoms with Gasteiger partial charge in [-0.1, -0.05) is 18.9 Å². The van der Waals surface area contributed by atoms with E-state index in [1.165, 1.54) is 17.7 Å². The van der Waals surface area contributed by atoms with E-state index in [1.54, 1.807) is 11.3 Å². The molecular formula is C13H19NO2S. The summed E-state index contributed by atoms with van der Waals surface area (Å²) in [5.74, 6) is -0.0801. The first-order valence-corrected chi connectivity index (χ1v) is 7.16. The zero-order chi connectivity index (χ0) is 11.9. The molecule has 0 amide bonds. The Morgan fingerprint density at radius 1 is 1.47 bits per heavy atom. The third-order valence-corrected chi connectivity index (χ3v) is 3.95. The second kappa shape index (κ2) is 6.77. The van der Waals surface area contributed by atoms with Crippen molar-refractivity contribution in [2.75, 3.05) is 13.2 Å². The van der Waals surface area contributed by atoms with E-state index in [9.17, 15) is 4.79 Å². The highest BCUT2D eigenvalue weighted by Gasteiger charge is 2.20. The van der Waals surface area contributed by atoms with E-state index in [2.05, 4.69) is 11.4 Å². The molecule has 0 bridgehead atoms. The van der Waals surface area contributed by atoms with Crippen LogP contribution < -0.4 is 5.32 Å². The molecule has 0 aliphatic carbocycles. The normalized spacial score (nSPS) is 20.8. The Kier molecular flexibility index (Phi) is 5.01. The van der Waals surface area contributed by atoms with Gasteiger partial charge in [-0.25, -0.2) is 0 Å². The Bertz CT molecular complexity index is 329. The average Bonchev–Trinajstić information content (AvgIpc) is 2.69. The van der Waals surface area contributed by atoms with E-state index in [-0.39, 0.29) is 12.0 Å². The van der Waals surface area contributed by atoms with Crippen LogP contribution in [0.3, 0.4) is 0 Å². The molecule has 17 heavy (non-hydrogen) atoms. The minimum Gasteiger partial charge on any atom is -0.464 e. The number of thiophene rings is 1. The zero-order valence-electron chi connectivity index (χ0n) is 9.98. The SMILES string of the molecule is O=C(OCCc1cccs1)C1CCCCCN1. The molecule has 0 aromatic carbocycles. The van der Waals surface area contributed by atoms with Crippen LogP contribution >= 0.6 is 11.3 Å². The van der Waals surface area contributed by atoms with Crippen LogP contribution in [-0.2, 0) is 16.0 Å². The van der Waals surface area contributed by atoms with Crippen molar-refractivity contribution in [2.45, 2.75) is 38.1 Å². The van der Waals surface area contributed by atoms with Crippen molar-refractivity contribution >= 4 is 17.3 Å². The molecule has 1 atom stereocenters. The molecule has 0 saturated carbocycles. The molecule has 1 fully saturated rings. The van der Waals surface area contributed by atoms with Crippen molar-refractivity contribution in [3.8, 4) is 0 Å². The fourth-order valence-corrected chi connectivity index (χ4v) is 2.73. The molecule has 1 aliphatic heterocycles. The molecule has 4 heteroatoms. The highest BCUT2D eigenvalue weighted by Crippen LogP contribution is 2.11. The molecule has 1 aromatic heterocycles. The summed E-state index contributed by atoms with van der Waals surface area (Å²) in [4.78, 5) is 13.1. The standard InChI is InChI=1S/C13H19NO2S/c15-13(12-6-2-1-3-8-14-12)16-9-7-11-5-4-10-17-11/h4-5,10,12,14H,1-3,6-9H2. The van der Waals surface area contributed by atoms with Gasteiger partial charge in [-0.2, -0.15) is 0 Å². The molecular weight excluding hydrogens is 234 g/mol. The highest BCUT2D eigenvalue weighted by molar-refractivity contribution is 7.09. The predicted molar refractivity (Wildman–Crippen MR) is 69.2 cm³/mol. The Balaban J connectivity index is 1.69. The monoisotopic (exact) mass is 253 g/mol. The number of nitrogens with one attached hydrogen (secondary N) is 1. The molecule has 2 rings (SSSR count). The molecule has 0 radical (unpaired) electrons. The molecule has 1 aromatic rings. The first-order chi connectivity index (χ1) is 8.36. The van der Waals surface area contributed by atoms with Gasteiger partial charge in [0.25, 0.3) is 0 Å². The number of esters is 1. The zero-order valence-corrected chi connectivity index (χ0v) is 10.8. The number of ether oxygens (including phenoxy) is 1. The van der Waals surface area contributed by atoms with E-state index in [1.807, 2.05) is 11.4 Å². The van der Waals surface area contributed by atoms with Gasteiger partial charge in [0.05, 0.1) is 6.61 Å². The Morgan fingerprint density at radius 3 is 3.24 bits per heavy atom. The average molecular weight is 253 g/mol. The van der Waals surface area contributed by atoms with E-state index in [4.69, 9.17) is 4.74 Å². The van der Waals surface area contributed by atoms with Crippen molar-refractivity contribution in [1.29, 1.82) is 0 Å². The Hall–Kier alpha value is -0.870. The maximum absolute atomic E-state index is 11.8. The molecule has 1 unspecified atom stereocenters. The van der Waals surface area contributed by atoms with Gasteiger partial charge < -0.3 is 10.1 Å². The summed E-state index contributed by atoms with van der Waals surface area (Å²) in [5, 5.41) is 5.30. The van der Waals surface area contributed by atoms with E-state index < -0.39 is 0 Å². The van der Waals surface area contributed by atoms with Crippen LogP contribution in [0.15, 0.2) is 17.5 Å². The summed E-state index contributed by atoms with van der Waals surface area (Å²) in [6.07, 6.45) is 5.25. The minimum atomic E-state index is -0.0826. The molecule has 94 valence electrons. The summed E-state index contributed by atoms with van der Waals surface area (Å²) in [7, 11) is 0. The minimum absolute atomic E-state index is 0.0801. The summed E-state index contributed by atoms with van der Waals surface area (Å²) in [5.41, 5.74) is 0. The number of rotatable bonds is 4. The largest absolute Gasteiger partial charge is 0.464 e. The maximum Gasteiger partial charge on any atom is 0.323 e. The second-order valence-corrected chi connectivity index (χ2v) is 5.39. The van der Waals surface area contributed by atoms with Crippen molar-refractivity contribution in [3.05, 3.63) is 22.4 Å². The summed E-state index contributed by atoms with van der Waals surface area (Å²) >= 11 is 1.71. The van der Waals surface area contributed by atoms with Crippen LogP contribution in [-0.4, -0.2) is 25.2 Å². The second-order valence-electron chi connectivity index (χ2n) is 4.35. The Labute approximate surface area is 106 Å². The van der Waals surface area contributed by atoms with Gasteiger partial charge in [0.1, 0.15) is 6.04 Å². The van der Waals surface area contributed by atoms with Crippen LogP contribution in [0.1, 0.15) is 30.6 Å². The van der Waals surface area contributed by atoms with Crippen LogP contribution in [0.25, 0.3) is 0 Å². The maximum atomic E-state index is 11.8. The van der Waals surface area contributed by atoms with Gasteiger partial charge in [-0.15, -0.1) is 11.3 Å². The number of hydrogen-bond acceptors (Lipinski definition) is 4. The van der Waals surface area contributed by atoms with Gasteiger partial charge >= 0.3 is 5.97 Å². The van der Waals surface area contributed by atoms with Crippen molar-refractivity contribution in [3.63, 3.8) is 0 Å². The lowest BCUT2D eigenvalue weighted by atomic mass is 10.1. The van der Waals surface area contributed by atoms with Gasteiger partial charge in [0, 0.05) is 11.3 Å². The van der Waals surface area contributed by atoms with Crippen LogP contribution in [0.4, 0.5) is 0 Å². The predicted octanol–water partition coefficient (Wildman–Crippen LogP) is 2.37. The summed E-state index contributed by atoms with van der Waals surface area (Å²) in [6.45, 7) is 1.43. The molecule has 1 saturated heterocycles. The lowest BCUT2D eigenvalue weighted by molar-refractivity contribution is -0.146. The van der Waals surface area contributed by atoms with Gasteiger partial charge in [-0.05, 0) is 30.8 Å². The number of carbonyl (C=O) groups excluding carboxylic acids is 1. The highest BCUT2D eigenvalue weighted by atomic mass is 32.1. The van der Waals surface area contributed by atoms with Gasteiger partial charge in [-0.3, -0.25) is 4.79 Å². The molecule has 0 spiro atoms. The third-order valence-electron chi connectivity index (χ3n) is 3.02. The summed E-state index contributed by atoms with van der Waals surface area (Å²) in [6, 6.07) is 4.01. The summed E-state index contributed by atoms with van der Waals surface area (Å²) < 4.78 is 5.32. The molecule has 1 N–H and O–H groups in total. The first-order valence-electron chi connectivity index (χ1n) is 6.28. The van der Waals surface area contributed by atoms with E-state index in [0.717, 1.165) is 25.8 Å². The van der Waals surface area contributed by atoms with Gasteiger partial charge in [0.2, 0.25) is 0 Å². The van der Waals surface area contributed by atoms with E-state index >= 15 is 0 Å². The third kappa shape index (κ3) is 4.13. The van der Waals surface area contributed by atoms with Crippen LogP contribution in [0.5, 0.6) is 0 Å². The molecule has 3 nitrogen and oxygen atoms in total. The number of carbonyl (C=O) groups is 1. The van der Waals surface area contributed by atoms with Gasteiger partial charge in [0.15, 0.2) is 0 Å². The topological polar surface area (TPSA) is 38.3 Å².